The van der Waals surface area contributed by atoms with Gasteiger partial charge >= 0.3 is 0 Å². The average Bonchev–Trinajstić information content (AvgIpc) is 3.29. The topological polar surface area (TPSA) is 93.5 Å². The van der Waals surface area contributed by atoms with Crippen LogP contribution in [0.15, 0.2) is 41.8 Å². The van der Waals surface area contributed by atoms with E-state index < -0.39 is 10.0 Å². The molecule has 9 heteroatoms. The third-order valence-electron chi connectivity index (χ3n) is 5.68. The van der Waals surface area contributed by atoms with E-state index in [-0.39, 0.29) is 29.2 Å². The lowest BCUT2D eigenvalue weighted by Gasteiger charge is -2.31. The number of benzene rings is 1. The summed E-state index contributed by atoms with van der Waals surface area (Å²) in [6.45, 7) is 5.95. The molecule has 1 fully saturated rings. The zero-order chi connectivity index (χ0) is 22.4. The minimum Gasteiger partial charge on any atom is -0.495 e. The molecule has 170 valence electrons. The van der Waals surface area contributed by atoms with Gasteiger partial charge < -0.3 is 14.6 Å². The molecule has 1 aliphatic heterocycles. The van der Waals surface area contributed by atoms with Crippen LogP contribution in [0, 0.1) is 5.92 Å². The summed E-state index contributed by atoms with van der Waals surface area (Å²) in [6.07, 6.45) is 7.47. The van der Waals surface area contributed by atoms with Crippen LogP contribution >= 0.6 is 0 Å². The van der Waals surface area contributed by atoms with Crippen molar-refractivity contribution in [2.24, 2.45) is 5.92 Å². The number of piperidine rings is 1. The van der Waals surface area contributed by atoms with Gasteiger partial charge in [0.2, 0.25) is 15.9 Å². The van der Waals surface area contributed by atoms with Crippen LogP contribution in [0.4, 0.5) is 0 Å². The molecule has 0 bridgehead atoms. The molecule has 0 saturated carbocycles. The maximum absolute atomic E-state index is 13.4. The number of rotatable bonds is 9. The van der Waals surface area contributed by atoms with Crippen molar-refractivity contribution in [3.8, 4) is 5.75 Å². The lowest BCUT2D eigenvalue weighted by Crippen LogP contribution is -2.45. The minimum absolute atomic E-state index is 0.0894. The van der Waals surface area contributed by atoms with Crippen LogP contribution in [0.3, 0.4) is 0 Å². The first-order chi connectivity index (χ1) is 14.8. The van der Waals surface area contributed by atoms with Crippen molar-refractivity contribution in [1.82, 2.24) is 19.2 Å². The molecule has 1 N–H and O–H groups in total. The van der Waals surface area contributed by atoms with Gasteiger partial charge in [-0.1, -0.05) is 19.9 Å². The molecule has 2 heterocycles. The summed E-state index contributed by atoms with van der Waals surface area (Å²) in [5, 5.41) is 2.95. The fourth-order valence-electron chi connectivity index (χ4n) is 3.80. The van der Waals surface area contributed by atoms with E-state index >= 15 is 0 Å². The molecule has 0 unspecified atom stereocenters. The number of ether oxygens (including phenoxy) is 1. The largest absolute Gasteiger partial charge is 0.495 e. The molecule has 2 aromatic rings. The fourth-order valence-corrected chi connectivity index (χ4v) is 5.52. The predicted octanol–water partition coefficient (Wildman–Crippen LogP) is 2.62. The van der Waals surface area contributed by atoms with Crippen molar-refractivity contribution < 1.29 is 17.9 Å². The highest BCUT2D eigenvalue weighted by atomic mass is 32.2. The predicted molar refractivity (Wildman–Crippen MR) is 118 cm³/mol. The van der Waals surface area contributed by atoms with Crippen LogP contribution in [0.5, 0.6) is 5.75 Å². The van der Waals surface area contributed by atoms with Crippen molar-refractivity contribution in [3.63, 3.8) is 0 Å². The van der Waals surface area contributed by atoms with E-state index in [0.29, 0.717) is 31.7 Å². The number of carbonyl (C=O) groups is 1. The van der Waals surface area contributed by atoms with E-state index in [9.17, 15) is 13.2 Å². The SMILES string of the molecule is COc1ccc(C(C)C)cc1S(=O)(=O)N1CCC[C@@H](C(=O)NCCCn2ccnc2)C1. The fraction of sp³-hybridized carbons (Fsp3) is 0.545. The van der Waals surface area contributed by atoms with Gasteiger partial charge in [-0.15, -0.1) is 0 Å². The molecule has 1 aliphatic rings. The molecule has 0 spiro atoms. The van der Waals surface area contributed by atoms with Gasteiger partial charge in [-0.05, 0) is 42.9 Å². The van der Waals surface area contributed by atoms with Crippen molar-refractivity contribution in [2.75, 3.05) is 26.7 Å². The van der Waals surface area contributed by atoms with Crippen LogP contribution in [0.1, 0.15) is 44.6 Å². The van der Waals surface area contributed by atoms with Crippen LogP contribution in [0.2, 0.25) is 0 Å². The summed E-state index contributed by atoms with van der Waals surface area (Å²) in [4.78, 5) is 16.8. The Balaban J connectivity index is 1.65. The molecule has 1 amide bonds. The number of nitrogens with zero attached hydrogens (tertiary/aromatic N) is 3. The smallest absolute Gasteiger partial charge is 0.246 e. The molecule has 1 atom stereocenters. The van der Waals surface area contributed by atoms with Crippen LogP contribution in [-0.4, -0.2) is 54.9 Å². The molecule has 1 aromatic carbocycles. The number of sulfonamides is 1. The minimum atomic E-state index is -3.76. The third-order valence-corrected chi connectivity index (χ3v) is 7.56. The van der Waals surface area contributed by atoms with Gasteiger partial charge in [0.25, 0.3) is 0 Å². The van der Waals surface area contributed by atoms with Gasteiger partial charge in [-0.2, -0.15) is 4.31 Å². The van der Waals surface area contributed by atoms with Gasteiger partial charge in [0.05, 0.1) is 19.4 Å². The second kappa shape index (κ2) is 10.3. The number of carbonyl (C=O) groups excluding carboxylic acids is 1. The second-order valence-corrected chi connectivity index (χ2v) is 10.1. The number of methoxy groups -OCH3 is 1. The Kier molecular flexibility index (Phi) is 7.72. The second-order valence-electron chi connectivity index (χ2n) is 8.21. The maximum atomic E-state index is 13.4. The first-order valence-corrected chi connectivity index (χ1v) is 12.2. The van der Waals surface area contributed by atoms with Gasteiger partial charge in [-0.25, -0.2) is 13.4 Å². The quantitative estimate of drug-likeness (QED) is 0.595. The normalized spacial score (nSPS) is 17.6. The van der Waals surface area contributed by atoms with Gasteiger partial charge in [0, 0.05) is 38.6 Å². The van der Waals surface area contributed by atoms with Crippen LogP contribution in [0.25, 0.3) is 0 Å². The number of amides is 1. The van der Waals surface area contributed by atoms with E-state index in [1.54, 1.807) is 24.7 Å². The Morgan fingerprint density at radius 1 is 1.35 bits per heavy atom. The average molecular weight is 449 g/mol. The van der Waals surface area contributed by atoms with Crippen molar-refractivity contribution in [2.45, 2.75) is 50.5 Å². The number of nitrogens with one attached hydrogen (secondary N) is 1. The molecular formula is C22H32N4O4S. The summed E-state index contributed by atoms with van der Waals surface area (Å²) in [5.41, 5.74) is 0.934. The summed E-state index contributed by atoms with van der Waals surface area (Å²) in [5.74, 6) is 0.0852. The molecule has 0 aliphatic carbocycles. The van der Waals surface area contributed by atoms with Crippen LogP contribution < -0.4 is 10.1 Å². The number of aromatic nitrogens is 2. The highest BCUT2D eigenvalue weighted by Gasteiger charge is 2.35. The third kappa shape index (κ3) is 5.65. The Morgan fingerprint density at radius 2 is 2.16 bits per heavy atom. The number of imidazole rings is 1. The molecule has 31 heavy (non-hydrogen) atoms. The standard InChI is InChI=1S/C22H32N4O4S/c1-17(2)18-7-8-20(30-3)21(14-18)31(28,29)26-12-4-6-19(15-26)22(27)24-9-5-11-25-13-10-23-16-25/h7-8,10,13-14,16-17,19H,4-6,9,11-12,15H2,1-3H3,(H,24,27)/t19-/m1/s1. The summed E-state index contributed by atoms with van der Waals surface area (Å²) in [6, 6.07) is 5.29. The van der Waals surface area contributed by atoms with E-state index in [4.69, 9.17) is 4.74 Å². The summed E-state index contributed by atoms with van der Waals surface area (Å²) >= 11 is 0. The van der Waals surface area contributed by atoms with Gasteiger partial charge in [0.1, 0.15) is 10.6 Å². The van der Waals surface area contributed by atoms with Crippen LogP contribution in [-0.2, 0) is 21.4 Å². The summed E-state index contributed by atoms with van der Waals surface area (Å²) in [7, 11) is -2.29. The molecule has 0 radical (unpaired) electrons. The summed E-state index contributed by atoms with van der Waals surface area (Å²) < 4.78 is 35.5. The zero-order valence-corrected chi connectivity index (χ0v) is 19.3. The Hall–Kier alpha value is -2.39. The Bertz CT molecular complexity index is 973. The molecule has 1 aromatic heterocycles. The van der Waals surface area contributed by atoms with E-state index in [1.165, 1.54) is 11.4 Å². The first-order valence-electron chi connectivity index (χ1n) is 10.7. The molecule has 8 nitrogen and oxygen atoms in total. The van der Waals surface area contributed by atoms with Gasteiger partial charge in [-0.3, -0.25) is 4.79 Å². The Morgan fingerprint density at radius 3 is 2.84 bits per heavy atom. The molecule has 3 rings (SSSR count). The maximum Gasteiger partial charge on any atom is 0.246 e. The lowest BCUT2D eigenvalue weighted by molar-refractivity contribution is -0.126. The first kappa shape index (κ1) is 23.3. The number of hydrogen-bond donors (Lipinski definition) is 1. The number of hydrogen-bond acceptors (Lipinski definition) is 5. The van der Waals surface area contributed by atoms with E-state index in [2.05, 4.69) is 10.3 Å². The highest BCUT2D eigenvalue weighted by Crippen LogP contribution is 2.32. The monoisotopic (exact) mass is 448 g/mol. The van der Waals surface area contributed by atoms with E-state index in [1.807, 2.05) is 30.7 Å². The zero-order valence-electron chi connectivity index (χ0n) is 18.5. The molecular weight excluding hydrogens is 416 g/mol. The number of aryl methyl sites for hydroxylation is 1. The molecule has 1 saturated heterocycles. The Labute approximate surface area is 184 Å². The highest BCUT2D eigenvalue weighted by molar-refractivity contribution is 7.89. The lowest BCUT2D eigenvalue weighted by atomic mass is 9.99. The van der Waals surface area contributed by atoms with Crippen molar-refractivity contribution in [1.29, 1.82) is 0 Å². The van der Waals surface area contributed by atoms with Crippen molar-refractivity contribution in [3.05, 3.63) is 42.5 Å². The van der Waals surface area contributed by atoms with Gasteiger partial charge in [0.15, 0.2) is 0 Å². The van der Waals surface area contributed by atoms with Crippen molar-refractivity contribution >= 4 is 15.9 Å². The van der Waals surface area contributed by atoms with E-state index in [0.717, 1.165) is 18.5 Å².